The van der Waals surface area contributed by atoms with Crippen molar-refractivity contribution >= 4 is 23.5 Å². The lowest BCUT2D eigenvalue weighted by Gasteiger charge is -2.42. The molecule has 1 rings (SSSR count). The third-order valence-electron chi connectivity index (χ3n) is 5.16. The topological polar surface area (TPSA) is 24.9 Å². The Morgan fingerprint density at radius 3 is 1.46 bits per heavy atom. The Morgan fingerprint density at radius 1 is 0.731 bits per heavy atom. The van der Waals surface area contributed by atoms with E-state index in [0.29, 0.717) is 4.08 Å². The van der Waals surface area contributed by atoms with Gasteiger partial charge in [0.15, 0.2) is 0 Å². The van der Waals surface area contributed by atoms with Crippen LogP contribution < -0.4 is 0 Å². The summed E-state index contributed by atoms with van der Waals surface area (Å²) in [6, 6.07) is 0. The van der Waals surface area contributed by atoms with Crippen LogP contribution in [0, 0.1) is 5.41 Å². The van der Waals surface area contributed by atoms with Gasteiger partial charge in [0.25, 0.3) is 0 Å². The number of hydrogen-bond donors (Lipinski definition) is 0. The van der Waals surface area contributed by atoms with Crippen molar-refractivity contribution in [1.82, 2.24) is 9.80 Å². The van der Waals surface area contributed by atoms with Gasteiger partial charge in [0.2, 0.25) is 0 Å². The molecule has 0 aromatic carbocycles. The zero-order valence-corrected chi connectivity index (χ0v) is 19.6. The standard InChI is InChI=1S/C20H42N2O2S2/c1-7-21(8-2)11-13-23-15-20(17-25-19(5,6)26-18-20)16-24-14-12-22(9-3)10-4/h7-18H2,1-6H3. The highest BCUT2D eigenvalue weighted by atomic mass is 32.2. The molecule has 0 radical (unpaired) electrons. The van der Waals surface area contributed by atoms with Gasteiger partial charge < -0.3 is 19.3 Å². The fraction of sp³-hybridized carbons (Fsp3) is 1.00. The quantitative estimate of drug-likeness (QED) is 0.406. The molecule has 0 saturated carbocycles. The number of rotatable bonds is 14. The number of nitrogens with zero attached hydrogens (tertiary/aromatic N) is 2. The van der Waals surface area contributed by atoms with Crippen LogP contribution in [-0.4, -0.2) is 91.1 Å². The molecule has 26 heavy (non-hydrogen) atoms. The summed E-state index contributed by atoms with van der Waals surface area (Å²) in [5.74, 6) is 2.26. The van der Waals surface area contributed by atoms with E-state index in [1.165, 1.54) is 0 Å². The lowest BCUT2D eigenvalue weighted by atomic mass is 9.95. The second kappa shape index (κ2) is 12.9. The molecular weight excluding hydrogens is 364 g/mol. The average Bonchev–Trinajstić information content (AvgIpc) is 2.64. The molecule has 0 aromatic heterocycles. The average molecular weight is 407 g/mol. The third kappa shape index (κ3) is 9.16. The summed E-state index contributed by atoms with van der Waals surface area (Å²) >= 11 is 4.11. The molecule has 0 spiro atoms. The predicted octanol–water partition coefficient (Wildman–Crippen LogP) is 3.91. The first-order valence-corrected chi connectivity index (χ1v) is 12.3. The van der Waals surface area contributed by atoms with Gasteiger partial charge in [0, 0.05) is 30.0 Å². The van der Waals surface area contributed by atoms with Gasteiger partial charge in [-0.05, 0) is 40.0 Å². The van der Waals surface area contributed by atoms with Gasteiger partial charge in [-0.3, -0.25) is 0 Å². The molecule has 1 aliphatic heterocycles. The van der Waals surface area contributed by atoms with Crippen molar-refractivity contribution in [2.45, 2.75) is 45.6 Å². The van der Waals surface area contributed by atoms with E-state index in [4.69, 9.17) is 9.47 Å². The van der Waals surface area contributed by atoms with Crippen LogP contribution >= 0.6 is 23.5 Å². The first kappa shape index (κ1) is 24.6. The van der Waals surface area contributed by atoms with Crippen LogP contribution in [0.5, 0.6) is 0 Å². The molecule has 1 saturated heterocycles. The van der Waals surface area contributed by atoms with Crippen LogP contribution in [0.4, 0.5) is 0 Å². The van der Waals surface area contributed by atoms with Crippen molar-refractivity contribution in [2.75, 3.05) is 77.2 Å². The predicted molar refractivity (Wildman–Crippen MR) is 119 cm³/mol. The van der Waals surface area contributed by atoms with Crippen molar-refractivity contribution in [3.63, 3.8) is 0 Å². The maximum atomic E-state index is 6.14. The Morgan fingerprint density at radius 2 is 1.12 bits per heavy atom. The van der Waals surface area contributed by atoms with Crippen molar-refractivity contribution in [3.8, 4) is 0 Å². The molecule has 0 bridgehead atoms. The summed E-state index contributed by atoms with van der Waals surface area (Å²) in [5, 5.41) is 0. The summed E-state index contributed by atoms with van der Waals surface area (Å²) in [5.41, 5.74) is 0.150. The Kier molecular flexibility index (Phi) is 12.2. The normalized spacial score (nSPS) is 19.4. The van der Waals surface area contributed by atoms with E-state index in [-0.39, 0.29) is 5.41 Å². The smallest absolute Gasteiger partial charge is 0.0593 e. The van der Waals surface area contributed by atoms with Gasteiger partial charge in [0.05, 0.1) is 30.5 Å². The summed E-state index contributed by atoms with van der Waals surface area (Å²) < 4.78 is 12.6. The highest BCUT2D eigenvalue weighted by Gasteiger charge is 2.40. The largest absolute Gasteiger partial charge is 0.379 e. The summed E-state index contributed by atoms with van der Waals surface area (Å²) in [6.07, 6.45) is 0. The van der Waals surface area contributed by atoms with Gasteiger partial charge in [-0.15, -0.1) is 23.5 Å². The SMILES string of the molecule is CCN(CC)CCOCC1(COCCN(CC)CC)CSC(C)(C)SC1. The molecular formula is C20H42N2O2S2. The minimum absolute atomic E-state index is 0.150. The maximum absolute atomic E-state index is 6.14. The van der Waals surface area contributed by atoms with Crippen molar-refractivity contribution < 1.29 is 9.47 Å². The lowest BCUT2D eigenvalue weighted by molar-refractivity contribution is -0.00765. The van der Waals surface area contributed by atoms with Gasteiger partial charge in [-0.2, -0.15) is 0 Å². The van der Waals surface area contributed by atoms with E-state index in [0.717, 1.165) is 77.2 Å². The van der Waals surface area contributed by atoms with Crippen LogP contribution in [0.3, 0.4) is 0 Å². The van der Waals surface area contributed by atoms with Crippen LogP contribution in [0.2, 0.25) is 0 Å². The molecule has 0 aliphatic carbocycles. The van der Waals surface area contributed by atoms with E-state index in [9.17, 15) is 0 Å². The fourth-order valence-corrected chi connectivity index (χ4v) is 5.65. The molecule has 1 fully saturated rings. The van der Waals surface area contributed by atoms with E-state index in [1.54, 1.807) is 0 Å². The maximum Gasteiger partial charge on any atom is 0.0593 e. The van der Waals surface area contributed by atoms with Crippen LogP contribution in [0.1, 0.15) is 41.5 Å². The Bertz CT molecular complexity index is 330. The highest BCUT2D eigenvalue weighted by Crippen LogP contribution is 2.48. The summed E-state index contributed by atoms with van der Waals surface area (Å²) in [7, 11) is 0. The fourth-order valence-electron chi connectivity index (χ4n) is 2.99. The zero-order valence-electron chi connectivity index (χ0n) is 18.0. The first-order valence-electron chi connectivity index (χ1n) is 10.3. The molecule has 4 nitrogen and oxygen atoms in total. The Labute approximate surface area is 171 Å². The molecule has 156 valence electrons. The van der Waals surface area contributed by atoms with Crippen molar-refractivity contribution in [3.05, 3.63) is 0 Å². The molecule has 6 heteroatoms. The molecule has 0 unspecified atom stereocenters. The Balaban J connectivity index is 2.44. The van der Waals surface area contributed by atoms with E-state index >= 15 is 0 Å². The van der Waals surface area contributed by atoms with Crippen molar-refractivity contribution in [1.29, 1.82) is 0 Å². The summed E-state index contributed by atoms with van der Waals surface area (Å²) in [6.45, 7) is 23.2. The number of likely N-dealkylation sites (N-methyl/N-ethyl adjacent to an activating group) is 2. The van der Waals surface area contributed by atoms with E-state index in [1.807, 2.05) is 0 Å². The monoisotopic (exact) mass is 406 g/mol. The Hall–Kier alpha value is 0.540. The lowest BCUT2D eigenvalue weighted by Crippen LogP contribution is -2.43. The van der Waals surface area contributed by atoms with Gasteiger partial charge >= 0.3 is 0 Å². The second-order valence-electron chi connectivity index (χ2n) is 7.64. The van der Waals surface area contributed by atoms with Crippen LogP contribution in [-0.2, 0) is 9.47 Å². The van der Waals surface area contributed by atoms with Crippen LogP contribution in [0.15, 0.2) is 0 Å². The molecule has 0 N–H and O–H groups in total. The van der Waals surface area contributed by atoms with Crippen molar-refractivity contribution in [2.24, 2.45) is 5.41 Å². The van der Waals surface area contributed by atoms with E-state index in [2.05, 4.69) is 74.9 Å². The molecule has 0 aromatic rings. The molecule has 1 heterocycles. The second-order valence-corrected chi connectivity index (χ2v) is 11.1. The van der Waals surface area contributed by atoms with Gasteiger partial charge in [0.1, 0.15) is 0 Å². The molecule has 0 amide bonds. The first-order chi connectivity index (χ1) is 12.4. The summed E-state index contributed by atoms with van der Waals surface area (Å²) in [4.78, 5) is 4.83. The third-order valence-corrected chi connectivity index (χ3v) is 8.77. The zero-order chi connectivity index (χ0) is 19.5. The van der Waals surface area contributed by atoms with Gasteiger partial charge in [-0.25, -0.2) is 0 Å². The molecule has 0 atom stereocenters. The number of ether oxygens (including phenoxy) is 2. The van der Waals surface area contributed by atoms with Crippen LogP contribution in [0.25, 0.3) is 0 Å². The van der Waals surface area contributed by atoms with E-state index < -0.39 is 0 Å². The van der Waals surface area contributed by atoms with Gasteiger partial charge in [-0.1, -0.05) is 27.7 Å². The highest BCUT2D eigenvalue weighted by molar-refractivity contribution is 8.18. The molecule has 1 aliphatic rings. The number of thioether (sulfide) groups is 2. The number of hydrogen-bond acceptors (Lipinski definition) is 6. The minimum atomic E-state index is 0.150. The minimum Gasteiger partial charge on any atom is -0.379 e.